The Balaban J connectivity index is 0.991. The van der Waals surface area contributed by atoms with Gasteiger partial charge in [-0.2, -0.15) is 0 Å². The van der Waals surface area contributed by atoms with Crippen LogP contribution in [0.3, 0.4) is 0 Å². The van der Waals surface area contributed by atoms with Crippen LogP contribution in [0.2, 0.25) is 0 Å². The first-order valence-electron chi connectivity index (χ1n) is 21.1. The first kappa shape index (κ1) is 33.1. The molecular formula is C57H36N2O2. The fourth-order valence-electron chi connectivity index (χ4n) is 10.8. The Morgan fingerprint density at radius 3 is 1.48 bits per heavy atom. The van der Waals surface area contributed by atoms with Crippen molar-refractivity contribution >= 4 is 87.5 Å². The summed E-state index contributed by atoms with van der Waals surface area (Å²) in [6.07, 6.45) is 0. The number of hydrogen-bond donors (Lipinski definition) is 0. The fourth-order valence-corrected chi connectivity index (χ4v) is 10.8. The molecule has 61 heavy (non-hydrogen) atoms. The summed E-state index contributed by atoms with van der Waals surface area (Å²) in [7, 11) is 0. The predicted molar refractivity (Wildman–Crippen MR) is 253 cm³/mol. The molecule has 9 aromatic carbocycles. The Hall–Kier alpha value is -7.82. The summed E-state index contributed by atoms with van der Waals surface area (Å²) < 4.78 is 17.4. The van der Waals surface area contributed by atoms with Crippen molar-refractivity contribution in [2.75, 3.05) is 0 Å². The van der Waals surface area contributed by atoms with Gasteiger partial charge in [0.2, 0.25) is 0 Å². The van der Waals surface area contributed by atoms with Crippen LogP contribution in [0.25, 0.3) is 121 Å². The Morgan fingerprint density at radius 1 is 0.328 bits per heavy atom. The van der Waals surface area contributed by atoms with Crippen LogP contribution < -0.4 is 0 Å². The second-order valence-electron chi connectivity index (χ2n) is 17.3. The molecule has 0 spiro atoms. The second kappa shape index (κ2) is 11.7. The first-order valence-corrected chi connectivity index (χ1v) is 21.1. The fraction of sp³-hybridized carbons (Fsp3) is 0.0526. The zero-order valence-electron chi connectivity index (χ0n) is 33.5. The molecule has 286 valence electrons. The molecule has 4 aromatic heterocycles. The normalized spacial score (nSPS) is 13.5. The SMILES string of the molecule is CC1(C)c2ccccc2-c2cc3c4cc(-c5ccc6c(c5)c5ccccc5n6-c5ccc6oc7ccccc7c6c5)ccc4n(-c4ccc5oc6ccccc6c5c4)c3cc21. The van der Waals surface area contributed by atoms with Crippen LogP contribution in [-0.4, -0.2) is 9.13 Å². The summed E-state index contributed by atoms with van der Waals surface area (Å²) in [5.74, 6) is 0. The molecule has 4 heteroatoms. The van der Waals surface area contributed by atoms with Crippen molar-refractivity contribution in [3.05, 3.63) is 193 Å². The van der Waals surface area contributed by atoms with E-state index in [1.54, 1.807) is 0 Å². The van der Waals surface area contributed by atoms with Gasteiger partial charge in [0.25, 0.3) is 0 Å². The minimum atomic E-state index is -0.121. The van der Waals surface area contributed by atoms with E-state index in [2.05, 4.69) is 187 Å². The molecule has 0 saturated carbocycles. The number of benzene rings is 9. The summed E-state index contributed by atoms with van der Waals surface area (Å²) in [4.78, 5) is 0. The number of rotatable bonds is 3. The molecule has 14 rings (SSSR count). The van der Waals surface area contributed by atoms with Crippen molar-refractivity contribution in [3.63, 3.8) is 0 Å². The van der Waals surface area contributed by atoms with Crippen molar-refractivity contribution in [2.45, 2.75) is 19.3 Å². The van der Waals surface area contributed by atoms with E-state index < -0.39 is 0 Å². The molecule has 0 radical (unpaired) electrons. The summed E-state index contributed by atoms with van der Waals surface area (Å²) in [6, 6.07) is 66.5. The molecule has 0 saturated heterocycles. The molecule has 1 aliphatic rings. The first-order chi connectivity index (χ1) is 30.0. The number of aromatic nitrogens is 2. The average Bonchev–Trinajstić information content (AvgIpc) is 4.08. The van der Waals surface area contributed by atoms with Crippen molar-refractivity contribution < 1.29 is 8.83 Å². The minimum Gasteiger partial charge on any atom is -0.456 e. The summed E-state index contributed by atoms with van der Waals surface area (Å²) >= 11 is 0. The monoisotopic (exact) mass is 780 g/mol. The Kier molecular flexibility index (Phi) is 6.33. The molecular weight excluding hydrogens is 745 g/mol. The number of hydrogen-bond acceptors (Lipinski definition) is 2. The topological polar surface area (TPSA) is 36.1 Å². The summed E-state index contributed by atoms with van der Waals surface area (Å²) in [5.41, 5.74) is 18.3. The van der Waals surface area contributed by atoms with Gasteiger partial charge in [-0.15, -0.1) is 0 Å². The van der Waals surface area contributed by atoms with Gasteiger partial charge in [0.1, 0.15) is 22.3 Å². The van der Waals surface area contributed by atoms with Crippen LogP contribution in [0.1, 0.15) is 25.0 Å². The summed E-state index contributed by atoms with van der Waals surface area (Å²) in [5, 5.41) is 9.45. The average molecular weight is 781 g/mol. The molecule has 4 heterocycles. The Bertz CT molecular complexity index is 4040. The van der Waals surface area contributed by atoms with Gasteiger partial charge in [-0.1, -0.05) is 105 Å². The number of furan rings is 2. The van der Waals surface area contributed by atoms with Crippen LogP contribution in [0.4, 0.5) is 0 Å². The van der Waals surface area contributed by atoms with E-state index >= 15 is 0 Å². The quantitative estimate of drug-likeness (QED) is 0.179. The third kappa shape index (κ3) is 4.43. The molecule has 1 aliphatic carbocycles. The highest BCUT2D eigenvalue weighted by Gasteiger charge is 2.36. The molecule has 0 bridgehead atoms. The van der Waals surface area contributed by atoms with Gasteiger partial charge in [-0.25, -0.2) is 0 Å². The highest BCUT2D eigenvalue weighted by atomic mass is 16.3. The largest absolute Gasteiger partial charge is 0.456 e. The maximum Gasteiger partial charge on any atom is 0.135 e. The van der Waals surface area contributed by atoms with E-state index in [-0.39, 0.29) is 5.41 Å². The minimum absolute atomic E-state index is 0.121. The van der Waals surface area contributed by atoms with Crippen LogP contribution in [0.5, 0.6) is 0 Å². The number of fused-ring (bicyclic) bond motifs is 15. The Morgan fingerprint density at radius 2 is 0.820 bits per heavy atom. The van der Waals surface area contributed by atoms with Crippen LogP contribution in [-0.2, 0) is 5.41 Å². The lowest BCUT2D eigenvalue weighted by molar-refractivity contribution is 0.661. The molecule has 0 atom stereocenters. The molecule has 0 N–H and O–H groups in total. The predicted octanol–water partition coefficient (Wildman–Crippen LogP) is 15.7. The van der Waals surface area contributed by atoms with Gasteiger partial charge >= 0.3 is 0 Å². The molecule has 4 nitrogen and oxygen atoms in total. The molecule has 0 fully saturated rings. The van der Waals surface area contributed by atoms with Crippen LogP contribution in [0.15, 0.2) is 191 Å². The zero-order valence-corrected chi connectivity index (χ0v) is 33.5. The van der Waals surface area contributed by atoms with Gasteiger partial charge in [-0.3, -0.25) is 0 Å². The van der Waals surface area contributed by atoms with E-state index in [1.807, 2.05) is 18.2 Å². The van der Waals surface area contributed by atoms with Gasteiger partial charge in [0.05, 0.1) is 22.1 Å². The van der Waals surface area contributed by atoms with Gasteiger partial charge < -0.3 is 18.0 Å². The second-order valence-corrected chi connectivity index (χ2v) is 17.3. The molecule has 0 unspecified atom stereocenters. The zero-order chi connectivity index (χ0) is 40.1. The van der Waals surface area contributed by atoms with Crippen LogP contribution >= 0.6 is 0 Å². The van der Waals surface area contributed by atoms with Gasteiger partial charge in [0.15, 0.2) is 0 Å². The lowest BCUT2D eigenvalue weighted by Gasteiger charge is -2.21. The smallest absolute Gasteiger partial charge is 0.135 e. The van der Waals surface area contributed by atoms with Gasteiger partial charge in [0, 0.05) is 59.9 Å². The number of nitrogens with zero attached hydrogens (tertiary/aromatic N) is 2. The van der Waals surface area contributed by atoms with E-state index in [4.69, 9.17) is 8.83 Å². The van der Waals surface area contributed by atoms with Crippen LogP contribution in [0, 0.1) is 0 Å². The van der Waals surface area contributed by atoms with E-state index in [9.17, 15) is 0 Å². The maximum atomic E-state index is 6.29. The van der Waals surface area contributed by atoms with Crippen molar-refractivity contribution in [3.8, 4) is 33.6 Å². The van der Waals surface area contributed by atoms with E-state index in [0.29, 0.717) is 0 Å². The summed E-state index contributed by atoms with van der Waals surface area (Å²) in [6.45, 7) is 4.73. The van der Waals surface area contributed by atoms with Crippen molar-refractivity contribution in [2.24, 2.45) is 0 Å². The lowest BCUT2D eigenvalue weighted by Crippen LogP contribution is -2.14. The van der Waals surface area contributed by atoms with Gasteiger partial charge in [-0.05, 0) is 124 Å². The highest BCUT2D eigenvalue weighted by molar-refractivity contribution is 6.15. The van der Waals surface area contributed by atoms with Crippen molar-refractivity contribution in [1.29, 1.82) is 0 Å². The molecule has 0 aliphatic heterocycles. The third-order valence-electron chi connectivity index (χ3n) is 13.7. The molecule has 0 amide bonds. The van der Waals surface area contributed by atoms with E-state index in [0.717, 1.165) is 55.3 Å². The maximum absolute atomic E-state index is 6.29. The Labute approximate surface area is 350 Å². The molecule has 13 aromatic rings. The van der Waals surface area contributed by atoms with Crippen molar-refractivity contribution in [1.82, 2.24) is 9.13 Å². The standard InChI is InChI=1S/C57H36N2O2/c1-57(2)47-15-7-3-11-37(47)41-31-44-43-28-34(20-24-51(43)59(52(44)32-48(41)57)36-22-26-56-46(30-36)40-14-6-10-18-54(40)61-56)33-19-23-50-42(27-33)38-12-4-8-16-49(38)58(50)35-21-25-55-45(29-35)39-13-5-9-17-53(39)60-55/h3-32H,1-2H3. The van der Waals surface area contributed by atoms with E-state index in [1.165, 1.54) is 77.0 Å². The highest BCUT2D eigenvalue weighted by Crippen LogP contribution is 2.51. The number of para-hydroxylation sites is 3. The lowest BCUT2D eigenvalue weighted by atomic mass is 9.82. The third-order valence-corrected chi connectivity index (χ3v) is 13.7.